The monoisotopic (exact) mass is 261 g/mol. The summed E-state index contributed by atoms with van der Waals surface area (Å²) in [7, 11) is 1.98. The average Bonchev–Trinajstić information content (AvgIpc) is 3.02. The van der Waals surface area contributed by atoms with E-state index < -0.39 is 0 Å². The third kappa shape index (κ3) is 2.07. The molecule has 0 unspecified atom stereocenters. The number of nitrogens with zero attached hydrogens (tertiary/aromatic N) is 3. The third-order valence-corrected chi connectivity index (χ3v) is 5.21. The van der Waals surface area contributed by atoms with Crippen molar-refractivity contribution in [2.24, 2.45) is 0 Å². The highest BCUT2D eigenvalue weighted by atomic mass is 16.2. The Kier molecular flexibility index (Phi) is 3.11. The van der Waals surface area contributed by atoms with Crippen LogP contribution in [0, 0.1) is 0 Å². The molecule has 0 aromatic carbocycles. The predicted octanol–water partition coefficient (Wildman–Crippen LogP) is 2.55. The number of hydrogen-bond donors (Lipinski definition) is 0. The molecule has 1 aromatic heterocycles. The average molecular weight is 261 g/mol. The number of hydrogen-bond acceptors (Lipinski definition) is 2. The molecule has 1 amide bonds. The minimum absolute atomic E-state index is 0.161. The lowest BCUT2D eigenvalue weighted by molar-refractivity contribution is -0.130. The highest BCUT2D eigenvalue weighted by molar-refractivity contribution is 5.79. The van der Waals surface area contributed by atoms with Crippen molar-refractivity contribution in [3.63, 3.8) is 0 Å². The Balaban J connectivity index is 1.68. The Morgan fingerprint density at radius 2 is 2.11 bits per heavy atom. The number of aryl methyl sites for hydroxylation is 1. The maximum Gasteiger partial charge on any atom is 0.222 e. The fraction of sp³-hybridized carbons (Fsp3) is 0.733. The molecular weight excluding hydrogens is 238 g/mol. The zero-order valence-corrected chi connectivity index (χ0v) is 11.9. The number of amides is 1. The van der Waals surface area contributed by atoms with E-state index in [1.807, 2.05) is 18.1 Å². The van der Waals surface area contributed by atoms with Gasteiger partial charge in [0.15, 0.2) is 0 Å². The lowest BCUT2D eigenvalue weighted by Crippen LogP contribution is -2.46. The van der Waals surface area contributed by atoms with Crippen molar-refractivity contribution in [1.82, 2.24) is 14.7 Å². The van der Waals surface area contributed by atoms with E-state index in [2.05, 4.69) is 22.9 Å². The van der Waals surface area contributed by atoms with E-state index in [9.17, 15) is 4.79 Å². The second-order valence-corrected chi connectivity index (χ2v) is 6.09. The van der Waals surface area contributed by atoms with Crippen LogP contribution in [0.1, 0.15) is 57.1 Å². The van der Waals surface area contributed by atoms with Gasteiger partial charge in [0.05, 0.1) is 12.2 Å². The van der Waals surface area contributed by atoms with Gasteiger partial charge in [-0.25, -0.2) is 0 Å². The summed E-state index contributed by atoms with van der Waals surface area (Å²) in [5.41, 5.74) is 1.47. The van der Waals surface area contributed by atoms with Gasteiger partial charge in [-0.15, -0.1) is 0 Å². The molecule has 2 aliphatic rings. The molecule has 1 aliphatic carbocycles. The molecular formula is C15H23N3O. The van der Waals surface area contributed by atoms with E-state index >= 15 is 0 Å². The smallest absolute Gasteiger partial charge is 0.222 e. The molecule has 104 valence electrons. The van der Waals surface area contributed by atoms with Gasteiger partial charge in [-0.3, -0.25) is 9.48 Å². The topological polar surface area (TPSA) is 38.1 Å². The molecule has 1 spiro atoms. The zero-order chi connectivity index (χ0) is 13.5. The summed E-state index contributed by atoms with van der Waals surface area (Å²) in [5, 5.41) is 4.50. The first-order valence-corrected chi connectivity index (χ1v) is 7.44. The number of rotatable bonds is 2. The molecule has 1 aliphatic heterocycles. The number of likely N-dealkylation sites (tertiary alicyclic amines) is 1. The van der Waals surface area contributed by atoms with Crippen molar-refractivity contribution in [1.29, 1.82) is 0 Å². The molecule has 1 saturated heterocycles. The van der Waals surface area contributed by atoms with Gasteiger partial charge in [-0.1, -0.05) is 6.92 Å². The predicted molar refractivity (Wildman–Crippen MR) is 73.8 cm³/mol. The summed E-state index contributed by atoms with van der Waals surface area (Å²) < 4.78 is 2.14. The second-order valence-electron chi connectivity index (χ2n) is 6.09. The van der Waals surface area contributed by atoms with E-state index in [0.29, 0.717) is 11.9 Å². The van der Waals surface area contributed by atoms with Crippen molar-refractivity contribution in [2.75, 3.05) is 7.05 Å². The maximum atomic E-state index is 11.7. The van der Waals surface area contributed by atoms with E-state index in [0.717, 1.165) is 44.9 Å². The first kappa shape index (κ1) is 12.7. The standard InChI is InChI=1S/C15H23N3O/c1-3-12-10-16-18(11-12)13-4-7-15(8-5-13)9-6-14(19)17(15)2/h10-11,13H,3-9H2,1-2H3. The highest BCUT2D eigenvalue weighted by Crippen LogP contribution is 2.44. The molecule has 0 N–H and O–H groups in total. The second kappa shape index (κ2) is 4.66. The highest BCUT2D eigenvalue weighted by Gasteiger charge is 2.45. The lowest BCUT2D eigenvalue weighted by Gasteiger charge is -2.42. The van der Waals surface area contributed by atoms with Crippen molar-refractivity contribution in [3.8, 4) is 0 Å². The van der Waals surface area contributed by atoms with Crippen LogP contribution in [0.3, 0.4) is 0 Å². The van der Waals surface area contributed by atoms with Crippen LogP contribution in [0.15, 0.2) is 12.4 Å². The van der Waals surface area contributed by atoms with Crippen LogP contribution in [-0.2, 0) is 11.2 Å². The molecule has 0 bridgehead atoms. The van der Waals surface area contributed by atoms with E-state index in [-0.39, 0.29) is 5.54 Å². The molecule has 19 heavy (non-hydrogen) atoms. The van der Waals surface area contributed by atoms with E-state index in [4.69, 9.17) is 0 Å². The van der Waals surface area contributed by atoms with Gasteiger partial charge in [-0.05, 0) is 44.1 Å². The lowest BCUT2D eigenvalue weighted by atomic mass is 9.78. The molecule has 0 radical (unpaired) electrons. The van der Waals surface area contributed by atoms with Gasteiger partial charge in [0, 0.05) is 25.2 Å². The third-order valence-electron chi connectivity index (χ3n) is 5.21. The van der Waals surface area contributed by atoms with Crippen molar-refractivity contribution in [2.45, 2.75) is 63.5 Å². The van der Waals surface area contributed by atoms with Crippen molar-refractivity contribution >= 4 is 5.91 Å². The maximum absolute atomic E-state index is 11.7. The van der Waals surface area contributed by atoms with Crippen LogP contribution in [0.5, 0.6) is 0 Å². The van der Waals surface area contributed by atoms with Gasteiger partial charge >= 0.3 is 0 Å². The normalized spacial score (nSPS) is 31.4. The van der Waals surface area contributed by atoms with Crippen molar-refractivity contribution in [3.05, 3.63) is 18.0 Å². The Morgan fingerprint density at radius 1 is 1.37 bits per heavy atom. The fourth-order valence-electron chi connectivity index (χ4n) is 3.69. The molecule has 2 heterocycles. The van der Waals surface area contributed by atoms with Gasteiger partial charge < -0.3 is 4.90 Å². The minimum atomic E-state index is 0.161. The zero-order valence-electron chi connectivity index (χ0n) is 11.9. The number of carbonyl (C=O) groups excluding carboxylic acids is 1. The Morgan fingerprint density at radius 3 is 2.63 bits per heavy atom. The fourth-order valence-corrected chi connectivity index (χ4v) is 3.69. The Hall–Kier alpha value is -1.32. The van der Waals surface area contributed by atoms with Gasteiger partial charge in [-0.2, -0.15) is 5.10 Å². The van der Waals surface area contributed by atoms with Crippen molar-refractivity contribution < 1.29 is 4.79 Å². The van der Waals surface area contributed by atoms with Crippen LogP contribution in [0.4, 0.5) is 0 Å². The molecule has 1 saturated carbocycles. The molecule has 4 heteroatoms. The Bertz CT molecular complexity index is 471. The minimum Gasteiger partial charge on any atom is -0.340 e. The van der Waals surface area contributed by atoms with Crippen LogP contribution in [0.2, 0.25) is 0 Å². The summed E-state index contributed by atoms with van der Waals surface area (Å²) in [6.45, 7) is 2.16. The van der Waals surface area contributed by atoms with E-state index in [1.54, 1.807) is 0 Å². The van der Waals surface area contributed by atoms with Gasteiger partial charge in [0.25, 0.3) is 0 Å². The molecule has 0 atom stereocenters. The van der Waals surface area contributed by atoms with Gasteiger partial charge in [0.2, 0.25) is 5.91 Å². The SMILES string of the molecule is CCc1cnn(C2CCC3(CCC(=O)N3C)CC2)c1. The largest absolute Gasteiger partial charge is 0.340 e. The summed E-state index contributed by atoms with van der Waals surface area (Å²) in [6.07, 6.45) is 11.5. The summed E-state index contributed by atoms with van der Waals surface area (Å²) in [6, 6.07) is 0.523. The summed E-state index contributed by atoms with van der Waals surface area (Å²) in [5.74, 6) is 0.325. The van der Waals surface area contributed by atoms with Crippen LogP contribution in [0.25, 0.3) is 0 Å². The molecule has 1 aromatic rings. The Labute approximate surface area is 114 Å². The first-order valence-electron chi connectivity index (χ1n) is 7.44. The number of aromatic nitrogens is 2. The summed E-state index contributed by atoms with van der Waals surface area (Å²) in [4.78, 5) is 13.8. The quantitative estimate of drug-likeness (QED) is 0.820. The van der Waals surface area contributed by atoms with E-state index in [1.165, 1.54) is 5.56 Å². The summed E-state index contributed by atoms with van der Waals surface area (Å²) >= 11 is 0. The first-order chi connectivity index (χ1) is 9.14. The van der Waals surface area contributed by atoms with Crippen LogP contribution >= 0.6 is 0 Å². The molecule has 2 fully saturated rings. The van der Waals surface area contributed by atoms with Crippen LogP contribution in [-0.4, -0.2) is 33.2 Å². The number of carbonyl (C=O) groups is 1. The van der Waals surface area contributed by atoms with Crippen LogP contribution < -0.4 is 0 Å². The van der Waals surface area contributed by atoms with Gasteiger partial charge in [0.1, 0.15) is 0 Å². The molecule has 4 nitrogen and oxygen atoms in total. The molecule has 3 rings (SSSR count).